The molecule has 1 atom stereocenters. The van der Waals surface area contributed by atoms with Crippen LogP contribution < -0.4 is 5.32 Å². The van der Waals surface area contributed by atoms with Crippen molar-refractivity contribution in [3.63, 3.8) is 0 Å². The van der Waals surface area contributed by atoms with Crippen LogP contribution in [0.2, 0.25) is 0 Å². The molecule has 1 fully saturated rings. The number of imide groups is 1. The van der Waals surface area contributed by atoms with Gasteiger partial charge in [0, 0.05) is 11.6 Å². The molecule has 20 heavy (non-hydrogen) atoms. The van der Waals surface area contributed by atoms with Crippen LogP contribution in [0.3, 0.4) is 0 Å². The van der Waals surface area contributed by atoms with Crippen molar-refractivity contribution < 1.29 is 19.8 Å². The van der Waals surface area contributed by atoms with Gasteiger partial charge in [0.25, 0.3) is 5.91 Å². The van der Waals surface area contributed by atoms with Gasteiger partial charge in [0.05, 0.1) is 6.21 Å². The van der Waals surface area contributed by atoms with E-state index in [4.69, 9.17) is 5.11 Å². The lowest BCUT2D eigenvalue weighted by molar-refractivity contribution is -0.130. The second-order valence-electron chi connectivity index (χ2n) is 4.72. The Morgan fingerprint density at radius 3 is 2.65 bits per heavy atom. The molecule has 3 N–H and O–H groups in total. The summed E-state index contributed by atoms with van der Waals surface area (Å²) < 4.78 is 0. The molecule has 1 aliphatic heterocycles. The monoisotopic (exact) mass is 277 g/mol. The number of aromatic hydroxyl groups is 2. The van der Waals surface area contributed by atoms with E-state index in [1.54, 1.807) is 13.8 Å². The molecule has 0 radical (unpaired) electrons. The van der Waals surface area contributed by atoms with Gasteiger partial charge in [0.1, 0.15) is 17.0 Å². The zero-order valence-corrected chi connectivity index (χ0v) is 11.1. The van der Waals surface area contributed by atoms with E-state index in [2.05, 4.69) is 10.4 Å². The van der Waals surface area contributed by atoms with E-state index < -0.39 is 17.5 Å². The van der Waals surface area contributed by atoms with E-state index in [0.29, 0.717) is 6.42 Å². The molecule has 1 aliphatic rings. The van der Waals surface area contributed by atoms with Gasteiger partial charge in [-0.15, -0.1) is 5.01 Å². The van der Waals surface area contributed by atoms with Crippen molar-refractivity contribution >= 4 is 18.2 Å². The van der Waals surface area contributed by atoms with Gasteiger partial charge < -0.3 is 15.5 Å². The van der Waals surface area contributed by atoms with E-state index >= 15 is 0 Å². The van der Waals surface area contributed by atoms with Crippen LogP contribution in [0.15, 0.2) is 23.3 Å². The number of hydrogen-bond donors (Lipinski definition) is 3. The molecule has 7 heteroatoms. The van der Waals surface area contributed by atoms with E-state index in [-0.39, 0.29) is 17.1 Å². The number of hydrazone groups is 1. The minimum atomic E-state index is -0.953. The molecule has 0 unspecified atom stereocenters. The van der Waals surface area contributed by atoms with Crippen molar-refractivity contribution in [3.05, 3.63) is 23.8 Å². The summed E-state index contributed by atoms with van der Waals surface area (Å²) in [6, 6.07) is 3.33. The normalized spacial score (nSPS) is 22.6. The number of phenolic OH excluding ortho intramolecular Hbond substituents is 2. The summed E-state index contributed by atoms with van der Waals surface area (Å²) in [4.78, 5) is 23.8. The van der Waals surface area contributed by atoms with Gasteiger partial charge in [-0.25, -0.2) is 4.79 Å². The lowest BCUT2D eigenvalue weighted by atomic mass is 10.00. The Labute approximate surface area is 115 Å². The molecule has 1 saturated heterocycles. The predicted molar refractivity (Wildman–Crippen MR) is 71.4 cm³/mol. The average molecular weight is 277 g/mol. The van der Waals surface area contributed by atoms with E-state index in [1.165, 1.54) is 18.3 Å². The van der Waals surface area contributed by atoms with Gasteiger partial charge in [-0.05, 0) is 25.5 Å². The number of amides is 3. The zero-order chi connectivity index (χ0) is 14.9. The quantitative estimate of drug-likeness (QED) is 0.569. The minimum Gasteiger partial charge on any atom is -0.508 e. The highest BCUT2D eigenvalue weighted by Gasteiger charge is 2.46. The molecule has 1 aromatic rings. The number of nitrogens with one attached hydrogen (secondary N) is 1. The number of hydrogen-bond acceptors (Lipinski definition) is 5. The number of rotatable bonds is 3. The van der Waals surface area contributed by atoms with Crippen LogP contribution in [0.1, 0.15) is 25.8 Å². The number of carbonyl (C=O) groups is 2. The molecule has 7 nitrogen and oxygen atoms in total. The van der Waals surface area contributed by atoms with Crippen LogP contribution in [0.4, 0.5) is 4.79 Å². The van der Waals surface area contributed by atoms with Crippen LogP contribution in [0.5, 0.6) is 11.5 Å². The Bertz CT molecular complexity index is 599. The summed E-state index contributed by atoms with van der Waals surface area (Å²) >= 11 is 0. The van der Waals surface area contributed by atoms with Gasteiger partial charge in [-0.3, -0.25) is 4.79 Å². The van der Waals surface area contributed by atoms with Crippen LogP contribution in [0, 0.1) is 0 Å². The summed E-state index contributed by atoms with van der Waals surface area (Å²) in [5, 5.41) is 25.8. The fourth-order valence-corrected chi connectivity index (χ4v) is 1.77. The second-order valence-corrected chi connectivity index (χ2v) is 4.72. The molecule has 0 aliphatic carbocycles. The largest absolute Gasteiger partial charge is 0.508 e. The number of urea groups is 1. The SMILES string of the molecule is CC[C@]1(C)NC(=O)N(/N=C/c2ccc(O)cc2O)C1=O. The first-order chi connectivity index (χ1) is 9.37. The van der Waals surface area contributed by atoms with Crippen molar-refractivity contribution in [2.45, 2.75) is 25.8 Å². The summed E-state index contributed by atoms with van der Waals surface area (Å²) in [5.41, 5.74) is -0.667. The highest BCUT2D eigenvalue weighted by Crippen LogP contribution is 2.23. The summed E-state index contributed by atoms with van der Waals surface area (Å²) in [5.74, 6) is -0.730. The van der Waals surface area contributed by atoms with Crippen LogP contribution in [-0.2, 0) is 4.79 Å². The third-order valence-corrected chi connectivity index (χ3v) is 3.27. The second kappa shape index (κ2) is 4.84. The van der Waals surface area contributed by atoms with Gasteiger partial charge in [0.2, 0.25) is 0 Å². The van der Waals surface area contributed by atoms with Gasteiger partial charge in [-0.2, -0.15) is 5.10 Å². The maximum Gasteiger partial charge on any atom is 0.346 e. The molecule has 0 bridgehead atoms. The summed E-state index contributed by atoms with van der Waals surface area (Å²) in [6.45, 7) is 3.41. The maximum absolute atomic E-state index is 12.1. The van der Waals surface area contributed by atoms with Crippen molar-refractivity contribution in [2.24, 2.45) is 5.10 Å². The predicted octanol–water partition coefficient (Wildman–Crippen LogP) is 1.15. The molecule has 106 valence electrons. The molecule has 1 heterocycles. The lowest BCUT2D eigenvalue weighted by Crippen LogP contribution is -2.42. The number of benzene rings is 1. The standard InChI is InChI=1S/C13H15N3O4/c1-3-13(2)11(19)16(12(20)15-13)14-7-8-4-5-9(17)6-10(8)18/h4-7,17-18H,3H2,1-2H3,(H,15,20)/b14-7+/t13-/m0/s1. The molecule has 0 aromatic heterocycles. The Morgan fingerprint density at radius 2 is 2.10 bits per heavy atom. The Hall–Kier alpha value is -2.57. The van der Waals surface area contributed by atoms with Gasteiger partial charge in [0.15, 0.2) is 0 Å². The first kappa shape index (κ1) is 13.9. The molecule has 0 saturated carbocycles. The van der Waals surface area contributed by atoms with Crippen LogP contribution >= 0.6 is 0 Å². The Morgan fingerprint density at radius 1 is 1.40 bits per heavy atom. The lowest BCUT2D eigenvalue weighted by Gasteiger charge is -2.17. The Balaban J connectivity index is 2.24. The van der Waals surface area contributed by atoms with E-state index in [9.17, 15) is 14.7 Å². The summed E-state index contributed by atoms with van der Waals surface area (Å²) in [6.07, 6.45) is 1.64. The third kappa shape index (κ3) is 2.29. The molecular weight excluding hydrogens is 262 g/mol. The highest BCUT2D eigenvalue weighted by molar-refractivity contribution is 6.07. The maximum atomic E-state index is 12.1. The van der Waals surface area contributed by atoms with Crippen molar-refractivity contribution in [1.82, 2.24) is 10.3 Å². The van der Waals surface area contributed by atoms with E-state index in [0.717, 1.165) is 11.1 Å². The smallest absolute Gasteiger partial charge is 0.346 e. The van der Waals surface area contributed by atoms with E-state index in [1.807, 2.05) is 0 Å². The van der Waals surface area contributed by atoms with Gasteiger partial charge in [-0.1, -0.05) is 6.92 Å². The highest BCUT2D eigenvalue weighted by atomic mass is 16.3. The summed E-state index contributed by atoms with van der Waals surface area (Å²) in [7, 11) is 0. The first-order valence-electron chi connectivity index (χ1n) is 6.10. The number of phenols is 2. The molecule has 0 spiro atoms. The number of nitrogens with zero attached hydrogens (tertiary/aromatic N) is 2. The van der Waals surface area contributed by atoms with Crippen molar-refractivity contribution in [2.75, 3.05) is 0 Å². The van der Waals surface area contributed by atoms with Crippen LogP contribution in [-0.4, -0.2) is 38.9 Å². The first-order valence-corrected chi connectivity index (χ1v) is 6.10. The minimum absolute atomic E-state index is 0.0896. The fourth-order valence-electron chi connectivity index (χ4n) is 1.77. The molecular formula is C13H15N3O4. The van der Waals surface area contributed by atoms with Gasteiger partial charge >= 0.3 is 6.03 Å². The topological polar surface area (TPSA) is 102 Å². The van der Waals surface area contributed by atoms with Crippen molar-refractivity contribution in [3.8, 4) is 11.5 Å². The zero-order valence-electron chi connectivity index (χ0n) is 11.1. The Kier molecular flexibility index (Phi) is 3.35. The fraction of sp³-hybridized carbons (Fsp3) is 0.308. The number of carbonyl (C=O) groups excluding carboxylic acids is 2. The van der Waals surface area contributed by atoms with Crippen molar-refractivity contribution in [1.29, 1.82) is 0 Å². The molecule has 1 aromatic carbocycles. The average Bonchev–Trinajstić information content (AvgIpc) is 2.61. The molecule has 2 rings (SSSR count). The molecule has 3 amide bonds. The van der Waals surface area contributed by atoms with Crippen LogP contribution in [0.25, 0.3) is 0 Å². The third-order valence-electron chi connectivity index (χ3n) is 3.27.